The van der Waals surface area contributed by atoms with Gasteiger partial charge in [-0.1, -0.05) is 53.4 Å². The van der Waals surface area contributed by atoms with E-state index in [0.29, 0.717) is 0 Å². The molecule has 2 nitrogen and oxygen atoms in total. The molecule has 0 spiro atoms. The molecule has 1 heterocycles. The molecule has 1 aliphatic rings. The first kappa shape index (κ1) is 13.0. The van der Waals surface area contributed by atoms with Crippen molar-refractivity contribution in [3.8, 4) is 0 Å². The smallest absolute Gasteiger partial charge is 0.194 e. The Labute approximate surface area is 94.3 Å². The second kappa shape index (κ2) is 5.86. The number of hydrogen-bond acceptors (Lipinski definition) is 2. The van der Waals surface area contributed by atoms with E-state index in [0.717, 1.165) is 12.3 Å². The minimum atomic E-state index is -0.306. The second-order valence-electron chi connectivity index (χ2n) is 4.87. The van der Waals surface area contributed by atoms with Gasteiger partial charge in [-0.05, 0) is 12.3 Å². The average Bonchev–Trinajstić information content (AvgIpc) is 2.99. The molecule has 89 valence electrons. The molecular formula is C13H25O2. The van der Waals surface area contributed by atoms with Gasteiger partial charge in [-0.2, -0.15) is 9.78 Å². The summed E-state index contributed by atoms with van der Waals surface area (Å²) in [6.45, 7) is 8.70. The van der Waals surface area contributed by atoms with Crippen molar-refractivity contribution in [3.63, 3.8) is 0 Å². The molecule has 1 radical (unpaired) electrons. The summed E-state index contributed by atoms with van der Waals surface area (Å²) in [6, 6.07) is 0. The molecule has 2 heteroatoms. The Morgan fingerprint density at radius 2 is 1.80 bits per heavy atom. The van der Waals surface area contributed by atoms with Gasteiger partial charge >= 0.3 is 0 Å². The van der Waals surface area contributed by atoms with E-state index >= 15 is 0 Å². The number of unbranched alkanes of at least 4 members (excludes halogenated alkanes) is 1. The average molecular weight is 213 g/mol. The van der Waals surface area contributed by atoms with E-state index in [2.05, 4.69) is 27.7 Å². The first-order valence-corrected chi connectivity index (χ1v) is 6.32. The van der Waals surface area contributed by atoms with Crippen LogP contribution in [0.25, 0.3) is 0 Å². The first-order valence-electron chi connectivity index (χ1n) is 6.32. The molecule has 1 fully saturated rings. The molecule has 1 aliphatic heterocycles. The lowest BCUT2D eigenvalue weighted by atomic mass is 9.89. The van der Waals surface area contributed by atoms with Crippen molar-refractivity contribution < 1.29 is 9.78 Å². The molecular weight excluding hydrogens is 188 g/mol. The highest BCUT2D eigenvalue weighted by Crippen LogP contribution is 2.43. The van der Waals surface area contributed by atoms with Crippen molar-refractivity contribution in [1.29, 1.82) is 0 Å². The minimum absolute atomic E-state index is 0.306. The van der Waals surface area contributed by atoms with Crippen LogP contribution in [0.5, 0.6) is 0 Å². The van der Waals surface area contributed by atoms with E-state index in [1.165, 1.54) is 38.0 Å². The molecule has 0 bridgehead atoms. The standard InChI is InChI=1S/C13H25O2/c1-5-7-8-12(6-2)9-10-13(11(3)4)14-15-13/h12H,5-10H2,1-4H3. The SMILES string of the molecule is CCCCC(CC)CCC1([C](C)C)OO1. The molecule has 1 rings (SSSR count). The third-order valence-electron chi connectivity index (χ3n) is 3.47. The minimum Gasteiger partial charge on any atom is -0.194 e. The summed E-state index contributed by atoms with van der Waals surface area (Å²) in [5.41, 5.74) is 0. The van der Waals surface area contributed by atoms with Gasteiger partial charge in [-0.25, -0.2) is 0 Å². The van der Waals surface area contributed by atoms with Gasteiger partial charge in [0, 0.05) is 12.3 Å². The van der Waals surface area contributed by atoms with Crippen LogP contribution >= 0.6 is 0 Å². The van der Waals surface area contributed by atoms with Crippen LogP contribution in [0.3, 0.4) is 0 Å². The molecule has 1 unspecified atom stereocenters. The van der Waals surface area contributed by atoms with Gasteiger partial charge in [0.1, 0.15) is 0 Å². The summed E-state index contributed by atoms with van der Waals surface area (Å²) in [5.74, 6) is 1.78. The monoisotopic (exact) mass is 213 g/mol. The van der Waals surface area contributed by atoms with Crippen LogP contribution in [-0.2, 0) is 9.78 Å². The molecule has 0 aromatic carbocycles. The van der Waals surface area contributed by atoms with E-state index in [-0.39, 0.29) is 5.79 Å². The van der Waals surface area contributed by atoms with Crippen molar-refractivity contribution >= 4 is 0 Å². The van der Waals surface area contributed by atoms with Gasteiger partial charge in [0.2, 0.25) is 5.79 Å². The van der Waals surface area contributed by atoms with Gasteiger partial charge in [-0.15, -0.1) is 0 Å². The zero-order chi connectivity index (χ0) is 11.3. The van der Waals surface area contributed by atoms with E-state index in [4.69, 9.17) is 9.78 Å². The molecule has 0 saturated carbocycles. The van der Waals surface area contributed by atoms with E-state index in [1.807, 2.05) is 0 Å². The molecule has 0 aliphatic carbocycles. The van der Waals surface area contributed by atoms with Crippen LogP contribution < -0.4 is 0 Å². The van der Waals surface area contributed by atoms with Crippen LogP contribution in [0.15, 0.2) is 0 Å². The summed E-state index contributed by atoms with van der Waals surface area (Å²) in [5, 5.41) is 0. The van der Waals surface area contributed by atoms with Gasteiger partial charge in [0.05, 0.1) is 0 Å². The highest BCUT2D eigenvalue weighted by Gasteiger charge is 2.51. The lowest BCUT2D eigenvalue weighted by Gasteiger charge is -2.16. The lowest BCUT2D eigenvalue weighted by Crippen LogP contribution is -2.18. The summed E-state index contributed by atoms with van der Waals surface area (Å²) in [6.07, 6.45) is 7.53. The Morgan fingerprint density at radius 3 is 2.20 bits per heavy atom. The van der Waals surface area contributed by atoms with E-state index < -0.39 is 0 Å². The zero-order valence-corrected chi connectivity index (χ0v) is 10.6. The topological polar surface area (TPSA) is 25.1 Å². The van der Waals surface area contributed by atoms with Gasteiger partial charge in [0.25, 0.3) is 0 Å². The summed E-state index contributed by atoms with van der Waals surface area (Å²) in [7, 11) is 0. The predicted octanol–water partition coefficient (Wildman–Crippen LogP) is 4.26. The van der Waals surface area contributed by atoms with Gasteiger partial charge < -0.3 is 0 Å². The fourth-order valence-corrected chi connectivity index (χ4v) is 1.99. The van der Waals surface area contributed by atoms with Crippen LogP contribution in [0.4, 0.5) is 0 Å². The molecule has 0 aromatic heterocycles. The Balaban J connectivity index is 2.22. The second-order valence-corrected chi connectivity index (χ2v) is 4.87. The third kappa shape index (κ3) is 3.76. The number of rotatable bonds is 8. The fourth-order valence-electron chi connectivity index (χ4n) is 1.99. The van der Waals surface area contributed by atoms with Crippen LogP contribution in [-0.4, -0.2) is 5.79 Å². The fraction of sp³-hybridized carbons (Fsp3) is 0.923. The maximum Gasteiger partial charge on any atom is 0.239 e. The molecule has 0 N–H and O–H groups in total. The van der Waals surface area contributed by atoms with Crippen molar-refractivity contribution in [2.45, 2.75) is 72.0 Å². The molecule has 1 atom stereocenters. The molecule has 0 aromatic rings. The van der Waals surface area contributed by atoms with E-state index in [9.17, 15) is 0 Å². The van der Waals surface area contributed by atoms with E-state index in [1.54, 1.807) is 0 Å². The molecule has 1 saturated heterocycles. The summed E-state index contributed by atoms with van der Waals surface area (Å²) < 4.78 is 0. The summed E-state index contributed by atoms with van der Waals surface area (Å²) >= 11 is 0. The highest BCUT2D eigenvalue weighted by atomic mass is 17.4. The maximum atomic E-state index is 5.12. The normalized spacial score (nSPS) is 20.6. The maximum absolute atomic E-state index is 5.12. The van der Waals surface area contributed by atoms with Crippen LogP contribution in [0, 0.1) is 11.8 Å². The first-order chi connectivity index (χ1) is 7.14. The van der Waals surface area contributed by atoms with Crippen molar-refractivity contribution in [2.75, 3.05) is 0 Å². The van der Waals surface area contributed by atoms with Crippen molar-refractivity contribution in [2.24, 2.45) is 5.92 Å². The zero-order valence-electron chi connectivity index (χ0n) is 10.6. The lowest BCUT2D eigenvalue weighted by molar-refractivity contribution is 0.0850. The van der Waals surface area contributed by atoms with Crippen molar-refractivity contribution in [1.82, 2.24) is 0 Å². The van der Waals surface area contributed by atoms with Crippen molar-refractivity contribution in [3.05, 3.63) is 5.92 Å². The Hall–Kier alpha value is -0.0800. The highest BCUT2D eigenvalue weighted by molar-refractivity contribution is 5.00. The largest absolute Gasteiger partial charge is 0.239 e. The Kier molecular flexibility index (Phi) is 5.07. The summed E-state index contributed by atoms with van der Waals surface area (Å²) in [4.78, 5) is 10.2. The number of hydrogen-bond donors (Lipinski definition) is 0. The Morgan fingerprint density at radius 1 is 1.13 bits per heavy atom. The van der Waals surface area contributed by atoms with Gasteiger partial charge in [-0.3, -0.25) is 0 Å². The predicted molar refractivity (Wildman–Crippen MR) is 62.0 cm³/mol. The quantitative estimate of drug-likeness (QED) is 0.444. The van der Waals surface area contributed by atoms with Gasteiger partial charge in [0.15, 0.2) is 0 Å². The van der Waals surface area contributed by atoms with Crippen LogP contribution in [0.1, 0.15) is 66.2 Å². The third-order valence-corrected chi connectivity index (χ3v) is 3.47. The van der Waals surface area contributed by atoms with Crippen LogP contribution in [0.2, 0.25) is 0 Å². The Bertz CT molecular complexity index is 173. The molecule has 15 heavy (non-hydrogen) atoms. The molecule has 0 amide bonds.